The molecule has 0 aliphatic heterocycles. The summed E-state index contributed by atoms with van der Waals surface area (Å²) < 4.78 is -1.66. The number of hydrogen-bond donors (Lipinski definition) is 0. The second-order valence-corrected chi connectivity index (χ2v) is 19.9. The van der Waals surface area contributed by atoms with E-state index in [0.717, 1.165) is 17.5 Å². The first-order chi connectivity index (χ1) is 22.2. The Morgan fingerprint density at radius 2 is 1.08 bits per heavy atom. The summed E-state index contributed by atoms with van der Waals surface area (Å²) in [5, 5.41) is 0. The smallest absolute Gasteiger partial charge is 0.0694 e. The number of fused-ring (bicyclic) bond motifs is 3. The molecule has 266 valence electrons. The maximum absolute atomic E-state index is 5.86. The van der Waals surface area contributed by atoms with E-state index in [1.807, 2.05) is 48.5 Å². The average Bonchev–Trinajstić information content (AvgIpc) is 3.71. The van der Waals surface area contributed by atoms with E-state index in [0.29, 0.717) is 11.1 Å². The molecule has 0 saturated carbocycles. The Bertz CT molecular complexity index is 1620. The van der Waals surface area contributed by atoms with Crippen LogP contribution >= 0.6 is 69.6 Å². The van der Waals surface area contributed by atoms with Crippen molar-refractivity contribution >= 4 is 72.8 Å². The summed E-state index contributed by atoms with van der Waals surface area (Å²) in [6.45, 7) is 13.6. The minimum absolute atomic E-state index is 0. The molecule has 0 radical (unpaired) electrons. The molecule has 0 N–H and O–H groups in total. The largest absolute Gasteiger partial charge is 1.00 e. The Balaban J connectivity index is 0.000000293. The van der Waals surface area contributed by atoms with Crippen molar-refractivity contribution < 1.29 is 49.0 Å². The quantitative estimate of drug-likeness (QED) is 0.126. The molecule has 0 spiro atoms. The normalized spacial score (nSPS) is 13.4. The molecule has 9 heteroatoms. The summed E-state index contributed by atoms with van der Waals surface area (Å²) in [5.41, 5.74) is 12.2. The van der Waals surface area contributed by atoms with Crippen molar-refractivity contribution in [3.63, 3.8) is 0 Å². The Morgan fingerprint density at radius 3 is 1.46 bits per heavy atom. The number of halogens is 8. The third-order valence-electron chi connectivity index (χ3n) is 8.34. The molecular weight excluding hydrogens is 867 g/mol. The maximum atomic E-state index is 5.86. The van der Waals surface area contributed by atoms with E-state index in [4.69, 9.17) is 69.6 Å². The van der Waals surface area contributed by atoms with Gasteiger partial charge < -0.3 is 30.9 Å². The van der Waals surface area contributed by atoms with Gasteiger partial charge in [0.1, 0.15) is 0 Å². The number of benzene rings is 4. The standard InChI is InChI=1S/C21H25.C15H8Cl6.C5H7.2ClH.Zr/c1-20(2,3)16-9-7-14-11-15-8-10-17(21(4,5)6)13-19(15)18(14)12-16;16-14(17,18)12-5-1-10(2-6-12)9-11-3-7-13(8-4-11)15(19,20)21;1-2-4-5-3-1;;;/h7,9-10,12-13H,11H2,1-6H3;1-8H;1H,2,4-5H2;2*1H;/q-1;;-1;;;+2/p-2. The summed E-state index contributed by atoms with van der Waals surface area (Å²) in [6.07, 6.45) is 10.0. The van der Waals surface area contributed by atoms with Gasteiger partial charge in [-0.3, -0.25) is 6.08 Å². The number of allylic oxidation sites excluding steroid dienone is 2. The van der Waals surface area contributed by atoms with Crippen LogP contribution in [0.4, 0.5) is 0 Å². The van der Waals surface area contributed by atoms with Gasteiger partial charge in [0.2, 0.25) is 0 Å². The average molecular weight is 908 g/mol. The van der Waals surface area contributed by atoms with E-state index in [-0.39, 0.29) is 35.6 Å². The first kappa shape index (κ1) is 45.8. The molecular formula is C41H40Cl8Zr-2. The van der Waals surface area contributed by atoms with Crippen LogP contribution < -0.4 is 24.8 Å². The first-order valence-corrected chi connectivity index (χ1v) is 19.4. The molecule has 0 aromatic heterocycles. The van der Waals surface area contributed by atoms with Crippen LogP contribution in [0.2, 0.25) is 0 Å². The molecule has 2 aliphatic rings. The van der Waals surface area contributed by atoms with Crippen molar-refractivity contribution in [2.45, 2.75) is 85.6 Å². The van der Waals surface area contributed by atoms with Crippen molar-refractivity contribution in [1.29, 1.82) is 0 Å². The first-order valence-electron chi connectivity index (χ1n) is 15.9. The van der Waals surface area contributed by atoms with Crippen molar-refractivity contribution in [3.8, 4) is 11.1 Å². The monoisotopic (exact) mass is 902 g/mol. The zero-order valence-electron chi connectivity index (χ0n) is 28.9. The van der Waals surface area contributed by atoms with E-state index >= 15 is 0 Å². The molecule has 0 nitrogen and oxygen atoms in total. The summed E-state index contributed by atoms with van der Waals surface area (Å²) in [4.78, 5) is 0. The fourth-order valence-electron chi connectivity index (χ4n) is 5.31. The van der Waals surface area contributed by atoms with Crippen LogP contribution in [-0.2, 0) is 49.1 Å². The second-order valence-electron chi connectivity index (χ2n) is 14.2. The van der Waals surface area contributed by atoms with Gasteiger partial charge in [-0.2, -0.15) is 35.7 Å². The van der Waals surface area contributed by atoms with Crippen LogP contribution in [0.25, 0.3) is 11.1 Å². The van der Waals surface area contributed by atoms with E-state index < -0.39 is 7.59 Å². The van der Waals surface area contributed by atoms with E-state index in [1.54, 1.807) is 0 Å². The fourth-order valence-corrected chi connectivity index (χ4v) is 6.89. The van der Waals surface area contributed by atoms with E-state index in [1.165, 1.54) is 80.1 Å². The van der Waals surface area contributed by atoms with Crippen molar-refractivity contribution in [2.75, 3.05) is 0 Å². The molecule has 0 saturated heterocycles. The molecule has 4 aromatic rings. The summed E-state index contributed by atoms with van der Waals surface area (Å²) >= 11 is 36.4. The summed E-state index contributed by atoms with van der Waals surface area (Å²) in [5.74, 6) is 0. The van der Waals surface area contributed by atoms with Crippen molar-refractivity contribution in [2.24, 2.45) is 0 Å². The van der Waals surface area contributed by atoms with Crippen LogP contribution in [0.5, 0.6) is 0 Å². The molecule has 50 heavy (non-hydrogen) atoms. The van der Waals surface area contributed by atoms with Gasteiger partial charge in [0.15, 0.2) is 0 Å². The van der Waals surface area contributed by atoms with Gasteiger partial charge in [-0.1, -0.05) is 89.1 Å². The van der Waals surface area contributed by atoms with Crippen LogP contribution in [-0.4, -0.2) is 3.21 Å². The molecule has 2 aliphatic carbocycles. The second kappa shape index (κ2) is 18.8. The molecule has 6 rings (SSSR count). The van der Waals surface area contributed by atoms with Crippen LogP contribution in [0.15, 0.2) is 84.9 Å². The zero-order valence-corrected chi connectivity index (χ0v) is 37.4. The summed E-state index contributed by atoms with van der Waals surface area (Å²) in [6, 6.07) is 30.0. The number of alkyl halides is 6. The molecule has 0 bridgehead atoms. The fraction of sp³-hybridized carbons (Fsp3) is 0.341. The van der Waals surface area contributed by atoms with Crippen molar-refractivity contribution in [3.05, 3.63) is 142 Å². The minimum atomic E-state index is -1.41. The Morgan fingerprint density at radius 1 is 0.620 bits per heavy atom. The van der Waals surface area contributed by atoms with Gasteiger partial charge in [-0.05, 0) is 17.4 Å². The maximum Gasteiger partial charge on any atom is -0.0694 e. The molecule has 0 heterocycles. The van der Waals surface area contributed by atoms with E-state index in [2.05, 4.69) is 90.1 Å². The van der Waals surface area contributed by atoms with Crippen LogP contribution in [0, 0.1) is 12.1 Å². The van der Waals surface area contributed by atoms with E-state index in [9.17, 15) is 0 Å². The zero-order chi connectivity index (χ0) is 35.5. The number of hydrogen-bond acceptors (Lipinski definition) is 0. The van der Waals surface area contributed by atoms with Gasteiger partial charge in [0.05, 0.1) is 0 Å². The third kappa shape index (κ3) is 12.6. The SMILES string of the molecule is CC(C)(C)c1c[c-]c2c(c1)-c1cc(C(C)(C)C)ccc1C2.ClC(Cl)(Cl)c1ccc([C](=[Zr+2])c2ccc(C(Cl)(Cl)Cl)cc2)cc1.[C-]1=CCCC1.[Cl-].[Cl-]. The van der Waals surface area contributed by atoms with Gasteiger partial charge in [-0.15, -0.1) is 5.56 Å². The van der Waals surface area contributed by atoms with Gasteiger partial charge in [-0.25, -0.2) is 0 Å². The predicted molar refractivity (Wildman–Crippen MR) is 207 cm³/mol. The third-order valence-corrected chi connectivity index (χ3v) is 11.1. The minimum Gasteiger partial charge on any atom is -1.00 e. The summed E-state index contributed by atoms with van der Waals surface area (Å²) in [7, 11) is 0. The Kier molecular flexibility index (Phi) is 17.3. The van der Waals surface area contributed by atoms with Gasteiger partial charge >= 0.3 is 175 Å². The Labute approximate surface area is 356 Å². The van der Waals surface area contributed by atoms with Gasteiger partial charge in [0.25, 0.3) is 0 Å². The molecule has 0 fully saturated rings. The molecule has 0 unspecified atom stereocenters. The number of rotatable bonds is 2. The Hall–Kier alpha value is -0.307. The van der Waals surface area contributed by atoms with Crippen molar-refractivity contribution in [1.82, 2.24) is 0 Å². The topological polar surface area (TPSA) is 0 Å². The predicted octanol–water partition coefficient (Wildman–Crippen LogP) is 7.65. The molecule has 0 atom stereocenters. The van der Waals surface area contributed by atoms with Gasteiger partial charge in [0, 0.05) is 0 Å². The molecule has 0 amide bonds. The molecule has 4 aromatic carbocycles. The van der Waals surface area contributed by atoms with Crippen LogP contribution in [0.1, 0.15) is 105 Å². The van der Waals surface area contributed by atoms with Crippen LogP contribution in [0.3, 0.4) is 0 Å².